The molecule has 0 unspecified atom stereocenters. The van der Waals surface area contributed by atoms with Gasteiger partial charge < -0.3 is 15.4 Å². The molecule has 2 N–H and O–H groups in total. The van der Waals surface area contributed by atoms with Crippen molar-refractivity contribution >= 4 is 5.91 Å². The molecule has 0 aromatic heterocycles. The van der Waals surface area contributed by atoms with Crippen molar-refractivity contribution in [3.8, 4) is 0 Å². The Balaban J connectivity index is 3.36. The molecule has 0 saturated carbocycles. The maximum Gasteiger partial charge on any atom is 0.234 e. The van der Waals surface area contributed by atoms with Crippen molar-refractivity contribution in [1.82, 2.24) is 10.6 Å². The fourth-order valence-electron chi connectivity index (χ4n) is 1.42. The number of rotatable bonds is 10. The minimum atomic E-state index is 0.0881. The Kier molecular flexibility index (Phi) is 10.5. The number of ether oxygens (including phenoxy) is 1. The van der Waals surface area contributed by atoms with Crippen molar-refractivity contribution in [2.75, 3.05) is 26.3 Å². The van der Waals surface area contributed by atoms with E-state index in [1.54, 1.807) is 0 Å². The summed E-state index contributed by atoms with van der Waals surface area (Å²) >= 11 is 0. The Morgan fingerprint density at radius 3 is 2.50 bits per heavy atom. The molecule has 0 heterocycles. The number of hydrogen-bond donors (Lipinski definition) is 2. The maximum atomic E-state index is 11.5. The third kappa shape index (κ3) is 8.68. The monoisotopic (exact) mass is 230 g/mol. The van der Waals surface area contributed by atoms with Crippen LogP contribution in [0.15, 0.2) is 0 Å². The van der Waals surface area contributed by atoms with E-state index in [1.807, 2.05) is 6.92 Å². The second-order valence-corrected chi connectivity index (χ2v) is 3.81. The molecule has 0 aromatic rings. The van der Waals surface area contributed by atoms with Gasteiger partial charge in [-0.2, -0.15) is 0 Å². The maximum absolute atomic E-state index is 11.5. The van der Waals surface area contributed by atoms with Gasteiger partial charge in [-0.3, -0.25) is 4.79 Å². The van der Waals surface area contributed by atoms with Gasteiger partial charge in [0, 0.05) is 19.3 Å². The van der Waals surface area contributed by atoms with Crippen molar-refractivity contribution in [2.45, 2.75) is 46.1 Å². The molecule has 1 amide bonds. The van der Waals surface area contributed by atoms with Crippen molar-refractivity contribution < 1.29 is 9.53 Å². The van der Waals surface area contributed by atoms with Gasteiger partial charge in [0.25, 0.3) is 0 Å². The molecule has 0 saturated heterocycles. The normalized spacial score (nSPS) is 10.8. The zero-order chi connectivity index (χ0) is 12.2. The third-order valence-corrected chi connectivity index (χ3v) is 2.48. The lowest BCUT2D eigenvalue weighted by atomic mass is 10.2. The van der Waals surface area contributed by atoms with E-state index in [9.17, 15) is 4.79 Å². The smallest absolute Gasteiger partial charge is 0.234 e. The molecule has 4 nitrogen and oxygen atoms in total. The fraction of sp³-hybridized carbons (Fsp3) is 0.917. The summed E-state index contributed by atoms with van der Waals surface area (Å²) < 4.78 is 5.20. The molecule has 0 aliphatic carbocycles. The summed E-state index contributed by atoms with van der Waals surface area (Å²) in [5, 5.41) is 6.09. The number of hydrogen-bond acceptors (Lipinski definition) is 3. The lowest BCUT2D eigenvalue weighted by Crippen LogP contribution is -2.40. The van der Waals surface area contributed by atoms with Gasteiger partial charge in [-0.1, -0.05) is 13.8 Å². The molecule has 0 aliphatic rings. The van der Waals surface area contributed by atoms with Gasteiger partial charge >= 0.3 is 0 Å². The van der Waals surface area contributed by atoms with Crippen molar-refractivity contribution in [3.63, 3.8) is 0 Å². The number of carbonyl (C=O) groups is 1. The predicted molar refractivity (Wildman–Crippen MR) is 66.5 cm³/mol. The van der Waals surface area contributed by atoms with Gasteiger partial charge in [-0.05, 0) is 32.7 Å². The molecular weight excluding hydrogens is 204 g/mol. The molecule has 0 aromatic carbocycles. The van der Waals surface area contributed by atoms with Crippen LogP contribution in [0.25, 0.3) is 0 Å². The highest BCUT2D eigenvalue weighted by Gasteiger charge is 2.06. The van der Waals surface area contributed by atoms with E-state index < -0.39 is 0 Å². The van der Waals surface area contributed by atoms with Gasteiger partial charge in [-0.15, -0.1) is 0 Å². The quantitative estimate of drug-likeness (QED) is 0.556. The minimum Gasteiger partial charge on any atom is -0.382 e. The van der Waals surface area contributed by atoms with Crippen molar-refractivity contribution in [3.05, 3.63) is 0 Å². The largest absolute Gasteiger partial charge is 0.382 e. The van der Waals surface area contributed by atoms with Crippen LogP contribution >= 0.6 is 0 Å². The topological polar surface area (TPSA) is 50.4 Å². The van der Waals surface area contributed by atoms with Gasteiger partial charge in [-0.25, -0.2) is 0 Å². The van der Waals surface area contributed by atoms with Gasteiger partial charge in [0.05, 0.1) is 6.54 Å². The summed E-state index contributed by atoms with van der Waals surface area (Å²) in [7, 11) is 0. The highest BCUT2D eigenvalue weighted by Crippen LogP contribution is 1.94. The van der Waals surface area contributed by atoms with Crippen LogP contribution in [0.1, 0.15) is 40.0 Å². The first-order valence-corrected chi connectivity index (χ1v) is 6.32. The minimum absolute atomic E-state index is 0.0881. The van der Waals surface area contributed by atoms with Crippen LogP contribution in [-0.4, -0.2) is 38.3 Å². The summed E-state index contributed by atoms with van der Waals surface area (Å²) in [6.45, 7) is 8.91. The van der Waals surface area contributed by atoms with E-state index in [-0.39, 0.29) is 5.91 Å². The molecule has 16 heavy (non-hydrogen) atoms. The standard InChI is InChI=1S/C12H26N2O2/c1-4-11(5-2)14-12(15)10-13-8-7-9-16-6-3/h11,13H,4-10H2,1-3H3,(H,14,15). The first-order chi connectivity index (χ1) is 7.74. The van der Waals surface area contributed by atoms with Crippen LogP contribution in [0.3, 0.4) is 0 Å². The highest BCUT2D eigenvalue weighted by molar-refractivity contribution is 5.78. The van der Waals surface area contributed by atoms with Crippen LogP contribution in [0, 0.1) is 0 Å². The Bertz CT molecular complexity index is 170. The van der Waals surface area contributed by atoms with Crippen molar-refractivity contribution in [1.29, 1.82) is 0 Å². The van der Waals surface area contributed by atoms with E-state index in [2.05, 4.69) is 24.5 Å². The molecule has 0 aliphatic heterocycles. The van der Waals surface area contributed by atoms with E-state index in [0.29, 0.717) is 12.6 Å². The Morgan fingerprint density at radius 1 is 1.25 bits per heavy atom. The Hall–Kier alpha value is -0.610. The van der Waals surface area contributed by atoms with Gasteiger partial charge in [0.15, 0.2) is 0 Å². The first kappa shape index (κ1) is 15.4. The van der Waals surface area contributed by atoms with E-state index in [4.69, 9.17) is 4.74 Å². The van der Waals surface area contributed by atoms with Crippen LogP contribution in [0.2, 0.25) is 0 Å². The molecule has 0 radical (unpaired) electrons. The van der Waals surface area contributed by atoms with Gasteiger partial charge in [0.1, 0.15) is 0 Å². The molecule has 96 valence electrons. The Morgan fingerprint density at radius 2 is 1.94 bits per heavy atom. The average Bonchev–Trinajstić information content (AvgIpc) is 2.30. The summed E-state index contributed by atoms with van der Waals surface area (Å²) in [5.74, 6) is 0.0881. The summed E-state index contributed by atoms with van der Waals surface area (Å²) in [4.78, 5) is 11.5. The van der Waals surface area contributed by atoms with Crippen LogP contribution in [-0.2, 0) is 9.53 Å². The lowest BCUT2D eigenvalue weighted by Gasteiger charge is -2.14. The molecule has 0 rings (SSSR count). The average molecular weight is 230 g/mol. The predicted octanol–water partition coefficient (Wildman–Crippen LogP) is 1.31. The van der Waals surface area contributed by atoms with Crippen molar-refractivity contribution in [2.24, 2.45) is 0 Å². The third-order valence-electron chi connectivity index (χ3n) is 2.48. The summed E-state index contributed by atoms with van der Waals surface area (Å²) in [6.07, 6.45) is 2.94. The Labute approximate surface area is 99.1 Å². The highest BCUT2D eigenvalue weighted by atomic mass is 16.5. The number of nitrogens with one attached hydrogen (secondary N) is 2. The molecule has 0 fully saturated rings. The molecule has 0 bridgehead atoms. The van der Waals surface area contributed by atoms with E-state index in [1.165, 1.54) is 0 Å². The summed E-state index contributed by atoms with van der Waals surface area (Å²) in [5.41, 5.74) is 0. The second kappa shape index (κ2) is 10.9. The second-order valence-electron chi connectivity index (χ2n) is 3.81. The summed E-state index contributed by atoms with van der Waals surface area (Å²) in [6, 6.07) is 0.317. The van der Waals surface area contributed by atoms with E-state index >= 15 is 0 Å². The molecule has 0 spiro atoms. The number of amides is 1. The zero-order valence-electron chi connectivity index (χ0n) is 10.8. The SMILES string of the molecule is CCOCCCNCC(=O)NC(CC)CC. The lowest BCUT2D eigenvalue weighted by molar-refractivity contribution is -0.121. The first-order valence-electron chi connectivity index (χ1n) is 6.32. The number of carbonyl (C=O) groups excluding carboxylic acids is 1. The fourth-order valence-corrected chi connectivity index (χ4v) is 1.42. The molecular formula is C12H26N2O2. The van der Waals surface area contributed by atoms with Crippen LogP contribution in [0.5, 0.6) is 0 Å². The van der Waals surface area contributed by atoms with Gasteiger partial charge in [0.2, 0.25) is 5.91 Å². The van der Waals surface area contributed by atoms with Crippen LogP contribution in [0.4, 0.5) is 0 Å². The molecule has 0 atom stereocenters. The zero-order valence-corrected chi connectivity index (χ0v) is 10.8. The molecule has 4 heteroatoms. The van der Waals surface area contributed by atoms with Crippen LogP contribution < -0.4 is 10.6 Å². The van der Waals surface area contributed by atoms with E-state index in [0.717, 1.165) is 39.0 Å².